The van der Waals surface area contributed by atoms with Gasteiger partial charge in [-0.25, -0.2) is 0 Å². The van der Waals surface area contributed by atoms with Gasteiger partial charge in [-0.1, -0.05) is 12.1 Å². The molecule has 0 unspecified atom stereocenters. The van der Waals surface area contributed by atoms with Crippen LogP contribution in [0.2, 0.25) is 0 Å². The summed E-state index contributed by atoms with van der Waals surface area (Å²) in [4.78, 5) is 2.20. The summed E-state index contributed by atoms with van der Waals surface area (Å²) < 4.78 is 17.9. The summed E-state index contributed by atoms with van der Waals surface area (Å²) in [6.45, 7) is 2.28. The third-order valence-electron chi connectivity index (χ3n) is 3.32. The largest absolute Gasteiger partial charge is 0.489 e. The number of nitrogens with zero attached hydrogens (tertiary/aromatic N) is 1. The molecule has 0 spiro atoms. The smallest absolute Gasteiger partial charge is 0.488 e. The highest BCUT2D eigenvalue weighted by molar-refractivity contribution is 6.58. The van der Waals surface area contributed by atoms with Crippen molar-refractivity contribution in [2.75, 3.05) is 26.3 Å². The fraction of sp³-hybridized carbons (Fsp3) is 0.538. The molecule has 0 radical (unpaired) electrons. The van der Waals surface area contributed by atoms with E-state index in [-0.39, 0.29) is 12.8 Å². The molecule has 104 valence electrons. The molecule has 0 aliphatic carbocycles. The van der Waals surface area contributed by atoms with Crippen molar-refractivity contribution >= 4 is 12.6 Å². The Labute approximate surface area is 113 Å². The van der Waals surface area contributed by atoms with Gasteiger partial charge >= 0.3 is 7.12 Å². The predicted octanol–water partition coefficient (Wildman–Crippen LogP) is 0.179. The fourth-order valence-electron chi connectivity index (χ4n) is 2.29. The van der Waals surface area contributed by atoms with Crippen LogP contribution in [0.4, 0.5) is 4.39 Å². The Balaban J connectivity index is 1.82. The van der Waals surface area contributed by atoms with Gasteiger partial charge < -0.3 is 14.8 Å². The first-order valence-corrected chi connectivity index (χ1v) is 6.60. The van der Waals surface area contributed by atoms with Crippen molar-refractivity contribution < 1.29 is 19.2 Å². The van der Waals surface area contributed by atoms with Crippen LogP contribution in [0.1, 0.15) is 12.8 Å². The number of benzene rings is 1. The van der Waals surface area contributed by atoms with Crippen molar-refractivity contribution in [3.05, 3.63) is 24.3 Å². The molecule has 0 bridgehead atoms. The molecule has 4 nitrogen and oxygen atoms in total. The molecule has 1 atom stereocenters. The number of halogens is 1. The molecule has 2 N–H and O–H groups in total. The van der Waals surface area contributed by atoms with Crippen molar-refractivity contribution in [2.45, 2.75) is 18.9 Å². The predicted molar refractivity (Wildman–Crippen MR) is 72.3 cm³/mol. The molecule has 0 saturated carbocycles. The fourth-order valence-corrected chi connectivity index (χ4v) is 2.29. The van der Waals surface area contributed by atoms with E-state index in [2.05, 4.69) is 4.90 Å². The molecular weight excluding hydrogens is 248 g/mol. The van der Waals surface area contributed by atoms with Crippen molar-refractivity contribution in [1.82, 2.24) is 4.90 Å². The average molecular weight is 267 g/mol. The number of ether oxygens (including phenoxy) is 1. The molecule has 1 aromatic carbocycles. The number of rotatable bonds is 6. The Kier molecular flexibility index (Phi) is 5.19. The van der Waals surface area contributed by atoms with Gasteiger partial charge in [0, 0.05) is 19.6 Å². The Morgan fingerprint density at radius 2 is 2.05 bits per heavy atom. The van der Waals surface area contributed by atoms with Crippen LogP contribution in [-0.4, -0.2) is 54.5 Å². The molecule has 1 fully saturated rings. The van der Waals surface area contributed by atoms with Gasteiger partial charge in [0.2, 0.25) is 0 Å². The Morgan fingerprint density at radius 1 is 1.32 bits per heavy atom. The molecule has 0 amide bonds. The van der Waals surface area contributed by atoms with Crippen LogP contribution in [0.15, 0.2) is 24.3 Å². The van der Waals surface area contributed by atoms with Gasteiger partial charge in [-0.15, -0.1) is 0 Å². The van der Waals surface area contributed by atoms with Crippen LogP contribution in [-0.2, 0) is 0 Å². The number of hydrogen-bond donors (Lipinski definition) is 2. The number of hydrogen-bond acceptors (Lipinski definition) is 4. The van der Waals surface area contributed by atoms with Crippen molar-refractivity contribution in [3.8, 4) is 5.75 Å². The van der Waals surface area contributed by atoms with Gasteiger partial charge in [0.25, 0.3) is 0 Å². The number of alkyl halides is 1. The van der Waals surface area contributed by atoms with Crippen molar-refractivity contribution in [2.24, 2.45) is 0 Å². The lowest BCUT2D eigenvalue weighted by Gasteiger charge is -2.16. The van der Waals surface area contributed by atoms with Gasteiger partial charge in [-0.3, -0.25) is 9.29 Å². The Bertz CT molecular complexity index is 388. The van der Waals surface area contributed by atoms with Gasteiger partial charge in [-0.05, 0) is 30.4 Å². The lowest BCUT2D eigenvalue weighted by molar-refractivity contribution is 0.198. The monoisotopic (exact) mass is 267 g/mol. The quantitative estimate of drug-likeness (QED) is 0.722. The van der Waals surface area contributed by atoms with E-state index in [0.29, 0.717) is 11.9 Å². The molecule has 1 aliphatic heterocycles. The van der Waals surface area contributed by atoms with Gasteiger partial charge in [0.05, 0.1) is 6.67 Å². The maximum atomic E-state index is 12.1. The minimum atomic E-state index is -1.45. The molecule has 1 aromatic rings. The minimum Gasteiger partial charge on any atom is -0.489 e. The first-order valence-electron chi connectivity index (χ1n) is 6.60. The maximum Gasteiger partial charge on any atom is 0.488 e. The summed E-state index contributed by atoms with van der Waals surface area (Å²) in [6, 6.07) is 6.74. The lowest BCUT2D eigenvalue weighted by Crippen LogP contribution is -2.29. The van der Waals surface area contributed by atoms with Crippen LogP contribution in [0.5, 0.6) is 5.75 Å². The van der Waals surface area contributed by atoms with Crippen molar-refractivity contribution in [3.63, 3.8) is 0 Å². The van der Waals surface area contributed by atoms with E-state index in [4.69, 9.17) is 14.8 Å². The van der Waals surface area contributed by atoms with E-state index in [1.807, 2.05) is 0 Å². The maximum absolute atomic E-state index is 12.1. The third kappa shape index (κ3) is 4.19. The van der Waals surface area contributed by atoms with Gasteiger partial charge in [0.15, 0.2) is 0 Å². The first kappa shape index (κ1) is 14.3. The van der Waals surface area contributed by atoms with Gasteiger partial charge in [-0.2, -0.15) is 0 Å². The highest BCUT2D eigenvalue weighted by Gasteiger charge is 2.23. The zero-order valence-electron chi connectivity index (χ0n) is 10.8. The van der Waals surface area contributed by atoms with E-state index in [9.17, 15) is 4.39 Å². The molecule has 1 saturated heterocycles. The highest BCUT2D eigenvalue weighted by Crippen LogP contribution is 2.17. The van der Waals surface area contributed by atoms with Crippen LogP contribution in [0, 0.1) is 0 Å². The molecular formula is C13H19BFNO3. The standard InChI is InChI=1S/C13H19BFNO3/c15-7-1-8-16-9-6-13(10-16)19-12-4-2-11(3-5-12)14(17)18/h2-5,13,17-18H,1,6-10H2/t13-/m0/s1. The molecule has 2 rings (SSSR count). The topological polar surface area (TPSA) is 52.9 Å². The zero-order valence-corrected chi connectivity index (χ0v) is 10.8. The second-order valence-corrected chi connectivity index (χ2v) is 4.81. The van der Waals surface area contributed by atoms with E-state index >= 15 is 0 Å². The van der Waals surface area contributed by atoms with E-state index in [1.165, 1.54) is 0 Å². The minimum absolute atomic E-state index is 0.129. The van der Waals surface area contributed by atoms with Crippen LogP contribution in [0.3, 0.4) is 0 Å². The lowest BCUT2D eigenvalue weighted by atomic mass is 9.80. The molecule has 1 heterocycles. The van der Waals surface area contributed by atoms with Crippen LogP contribution in [0.25, 0.3) is 0 Å². The van der Waals surface area contributed by atoms with E-state index < -0.39 is 7.12 Å². The van der Waals surface area contributed by atoms with E-state index in [0.717, 1.165) is 31.8 Å². The summed E-state index contributed by atoms with van der Waals surface area (Å²) >= 11 is 0. The van der Waals surface area contributed by atoms with Crippen LogP contribution >= 0.6 is 0 Å². The third-order valence-corrected chi connectivity index (χ3v) is 3.32. The Hall–Kier alpha value is -1.11. The molecule has 19 heavy (non-hydrogen) atoms. The second-order valence-electron chi connectivity index (χ2n) is 4.81. The Morgan fingerprint density at radius 3 is 2.68 bits per heavy atom. The van der Waals surface area contributed by atoms with Gasteiger partial charge in [0.1, 0.15) is 11.9 Å². The molecule has 6 heteroatoms. The highest BCUT2D eigenvalue weighted by atomic mass is 19.1. The summed E-state index contributed by atoms with van der Waals surface area (Å²) in [5.41, 5.74) is 0.448. The summed E-state index contributed by atoms with van der Waals surface area (Å²) in [5, 5.41) is 18.0. The summed E-state index contributed by atoms with van der Waals surface area (Å²) in [6.07, 6.45) is 1.65. The zero-order chi connectivity index (χ0) is 13.7. The molecule has 0 aromatic heterocycles. The first-order chi connectivity index (χ1) is 9.19. The van der Waals surface area contributed by atoms with Crippen molar-refractivity contribution in [1.29, 1.82) is 0 Å². The van der Waals surface area contributed by atoms with Crippen LogP contribution < -0.4 is 10.2 Å². The second kappa shape index (κ2) is 6.89. The SMILES string of the molecule is OB(O)c1ccc(O[C@H]2CCN(CCCF)C2)cc1. The van der Waals surface area contributed by atoms with E-state index in [1.54, 1.807) is 24.3 Å². The number of likely N-dealkylation sites (tertiary alicyclic amines) is 1. The molecule has 1 aliphatic rings. The summed E-state index contributed by atoms with van der Waals surface area (Å²) in [5.74, 6) is 0.724. The summed E-state index contributed by atoms with van der Waals surface area (Å²) in [7, 11) is -1.45. The average Bonchev–Trinajstić information content (AvgIpc) is 2.84. The normalized spacial score (nSPS) is 19.6.